The summed E-state index contributed by atoms with van der Waals surface area (Å²) in [6.07, 6.45) is 0.192. The number of allylic oxidation sites excluding steroid dienone is 1. The standard InChI is InChI=1S/C8H10F3N3/c1-3-4-6-5-12-13-7(14(6)2)8(9,10)11/h3-6H,1-2H3/b4-3+. The molecule has 0 aromatic carbocycles. The van der Waals surface area contributed by atoms with Crippen molar-refractivity contribution in [2.24, 2.45) is 10.2 Å². The van der Waals surface area contributed by atoms with Crippen LogP contribution in [0.25, 0.3) is 0 Å². The van der Waals surface area contributed by atoms with E-state index in [2.05, 4.69) is 10.2 Å². The van der Waals surface area contributed by atoms with E-state index in [0.717, 1.165) is 4.90 Å². The first kappa shape index (κ1) is 10.7. The lowest BCUT2D eigenvalue weighted by Gasteiger charge is -2.28. The molecule has 1 rings (SSSR count). The second kappa shape index (κ2) is 3.81. The predicted octanol–water partition coefficient (Wildman–Crippen LogP) is 1.82. The first-order valence-corrected chi connectivity index (χ1v) is 4.01. The van der Waals surface area contributed by atoms with E-state index in [1.807, 2.05) is 0 Å². The van der Waals surface area contributed by atoms with Crippen LogP contribution in [-0.2, 0) is 0 Å². The predicted molar refractivity (Wildman–Crippen MR) is 48.3 cm³/mol. The third-order valence-corrected chi connectivity index (χ3v) is 1.80. The first-order valence-electron chi connectivity index (χ1n) is 4.01. The summed E-state index contributed by atoms with van der Waals surface area (Å²) in [5.74, 6) is -0.969. The van der Waals surface area contributed by atoms with E-state index in [-0.39, 0.29) is 0 Å². The Bertz CT molecular complexity index is 291. The smallest absolute Gasteiger partial charge is 0.342 e. The minimum Gasteiger partial charge on any atom is -0.342 e. The van der Waals surface area contributed by atoms with Gasteiger partial charge < -0.3 is 4.90 Å². The quantitative estimate of drug-likeness (QED) is 0.600. The Kier molecular flexibility index (Phi) is 2.93. The summed E-state index contributed by atoms with van der Waals surface area (Å²) in [6.45, 7) is 1.74. The topological polar surface area (TPSA) is 28.0 Å². The SMILES string of the molecule is C/C=C/C1C=NN=C(C(F)(F)F)N1C. The molecule has 0 radical (unpaired) electrons. The fourth-order valence-electron chi connectivity index (χ4n) is 1.10. The molecule has 14 heavy (non-hydrogen) atoms. The Morgan fingerprint density at radius 3 is 2.64 bits per heavy atom. The fourth-order valence-corrected chi connectivity index (χ4v) is 1.10. The summed E-state index contributed by atoms with van der Waals surface area (Å²) in [5, 5.41) is 6.39. The largest absolute Gasteiger partial charge is 0.451 e. The van der Waals surface area contributed by atoms with Crippen molar-refractivity contribution in [3.63, 3.8) is 0 Å². The van der Waals surface area contributed by atoms with E-state index in [4.69, 9.17) is 0 Å². The van der Waals surface area contributed by atoms with Gasteiger partial charge in [-0.1, -0.05) is 12.2 Å². The molecule has 0 aliphatic carbocycles. The van der Waals surface area contributed by atoms with Gasteiger partial charge in [-0.15, -0.1) is 5.10 Å². The van der Waals surface area contributed by atoms with Crippen molar-refractivity contribution in [1.29, 1.82) is 0 Å². The summed E-state index contributed by atoms with van der Waals surface area (Å²) in [6, 6.07) is -0.478. The average Bonchev–Trinajstić information content (AvgIpc) is 2.07. The minimum atomic E-state index is -4.45. The Balaban J connectivity index is 2.90. The van der Waals surface area contributed by atoms with Crippen molar-refractivity contribution in [2.45, 2.75) is 19.1 Å². The number of rotatable bonds is 1. The van der Waals surface area contributed by atoms with E-state index in [1.54, 1.807) is 19.1 Å². The second-order valence-corrected chi connectivity index (χ2v) is 2.81. The molecule has 0 saturated heterocycles. The number of hydrogen-bond acceptors (Lipinski definition) is 3. The number of hydrogen-bond donors (Lipinski definition) is 0. The van der Waals surface area contributed by atoms with Crippen LogP contribution in [0.1, 0.15) is 6.92 Å². The van der Waals surface area contributed by atoms with E-state index >= 15 is 0 Å². The summed E-state index contributed by atoms with van der Waals surface area (Å²) in [4.78, 5) is 1.03. The molecule has 1 atom stereocenters. The van der Waals surface area contributed by atoms with Gasteiger partial charge in [0.05, 0.1) is 12.3 Å². The monoisotopic (exact) mass is 205 g/mol. The lowest BCUT2D eigenvalue weighted by atomic mass is 10.2. The van der Waals surface area contributed by atoms with Gasteiger partial charge in [-0.3, -0.25) is 0 Å². The molecule has 78 valence electrons. The van der Waals surface area contributed by atoms with E-state index in [0.29, 0.717) is 0 Å². The number of likely N-dealkylation sites (N-methyl/N-ethyl adjacent to an activating group) is 1. The lowest BCUT2D eigenvalue weighted by Crippen LogP contribution is -2.46. The fraction of sp³-hybridized carbons (Fsp3) is 0.500. The maximum absolute atomic E-state index is 12.3. The van der Waals surface area contributed by atoms with Gasteiger partial charge in [0, 0.05) is 7.05 Å². The van der Waals surface area contributed by atoms with Crippen molar-refractivity contribution in [3.8, 4) is 0 Å². The molecule has 0 spiro atoms. The second-order valence-electron chi connectivity index (χ2n) is 2.81. The molecule has 1 unspecified atom stereocenters. The highest BCUT2D eigenvalue weighted by Crippen LogP contribution is 2.22. The zero-order valence-electron chi connectivity index (χ0n) is 7.78. The molecule has 1 heterocycles. The molecule has 0 amide bonds. The molecular formula is C8H10F3N3. The van der Waals surface area contributed by atoms with Gasteiger partial charge in [0.15, 0.2) is 0 Å². The van der Waals surface area contributed by atoms with Crippen molar-refractivity contribution in [1.82, 2.24) is 4.90 Å². The molecular weight excluding hydrogens is 195 g/mol. The van der Waals surface area contributed by atoms with Crippen LogP contribution in [0, 0.1) is 0 Å². The van der Waals surface area contributed by atoms with E-state index in [9.17, 15) is 13.2 Å². The normalized spacial score (nSPS) is 23.1. The van der Waals surface area contributed by atoms with Crippen LogP contribution < -0.4 is 0 Å². The maximum Gasteiger partial charge on any atom is 0.451 e. The highest BCUT2D eigenvalue weighted by molar-refractivity contribution is 5.92. The molecule has 0 bridgehead atoms. The molecule has 0 aromatic rings. The van der Waals surface area contributed by atoms with Gasteiger partial charge in [0.25, 0.3) is 0 Å². The van der Waals surface area contributed by atoms with E-state index < -0.39 is 18.1 Å². The van der Waals surface area contributed by atoms with Crippen molar-refractivity contribution < 1.29 is 13.2 Å². The molecule has 1 aliphatic heterocycles. The summed E-state index contributed by atoms with van der Waals surface area (Å²) >= 11 is 0. The summed E-state index contributed by atoms with van der Waals surface area (Å²) in [5.41, 5.74) is 0. The van der Waals surface area contributed by atoms with Crippen LogP contribution in [0.3, 0.4) is 0 Å². The highest BCUT2D eigenvalue weighted by Gasteiger charge is 2.41. The Labute approximate surface area is 79.6 Å². The van der Waals surface area contributed by atoms with Crippen LogP contribution in [-0.4, -0.2) is 36.2 Å². The Morgan fingerprint density at radius 1 is 1.50 bits per heavy atom. The number of nitrogens with zero attached hydrogens (tertiary/aromatic N) is 3. The molecule has 1 aliphatic rings. The molecule has 0 fully saturated rings. The third kappa shape index (κ3) is 2.12. The molecule has 6 heteroatoms. The van der Waals surface area contributed by atoms with Gasteiger partial charge in [-0.25, -0.2) is 0 Å². The minimum absolute atomic E-state index is 0.478. The lowest BCUT2D eigenvalue weighted by molar-refractivity contribution is -0.0685. The molecule has 0 aromatic heterocycles. The zero-order valence-corrected chi connectivity index (χ0v) is 7.78. The summed E-state index contributed by atoms with van der Waals surface area (Å²) in [7, 11) is 1.34. The van der Waals surface area contributed by atoms with Crippen LogP contribution in [0.15, 0.2) is 22.4 Å². The van der Waals surface area contributed by atoms with Crippen LogP contribution in [0.5, 0.6) is 0 Å². The molecule has 3 nitrogen and oxygen atoms in total. The van der Waals surface area contributed by atoms with Gasteiger partial charge in [0.1, 0.15) is 0 Å². The van der Waals surface area contributed by atoms with Crippen molar-refractivity contribution in [2.75, 3.05) is 7.05 Å². The maximum atomic E-state index is 12.3. The molecule has 0 N–H and O–H groups in total. The van der Waals surface area contributed by atoms with Gasteiger partial charge in [-0.05, 0) is 6.92 Å². The van der Waals surface area contributed by atoms with Crippen LogP contribution in [0.4, 0.5) is 13.2 Å². The number of amidine groups is 1. The third-order valence-electron chi connectivity index (χ3n) is 1.80. The highest BCUT2D eigenvalue weighted by atomic mass is 19.4. The van der Waals surface area contributed by atoms with Gasteiger partial charge in [-0.2, -0.15) is 18.3 Å². The van der Waals surface area contributed by atoms with Crippen molar-refractivity contribution >= 4 is 12.1 Å². The van der Waals surface area contributed by atoms with Crippen LogP contribution >= 0.6 is 0 Å². The van der Waals surface area contributed by atoms with Gasteiger partial charge in [0.2, 0.25) is 5.84 Å². The molecule has 0 saturated carbocycles. The number of halogens is 3. The average molecular weight is 205 g/mol. The zero-order chi connectivity index (χ0) is 10.8. The number of alkyl halides is 3. The van der Waals surface area contributed by atoms with E-state index in [1.165, 1.54) is 13.3 Å². The van der Waals surface area contributed by atoms with Crippen molar-refractivity contribution in [3.05, 3.63) is 12.2 Å². The van der Waals surface area contributed by atoms with Gasteiger partial charge >= 0.3 is 6.18 Å². The Hall–Kier alpha value is -1.33. The van der Waals surface area contributed by atoms with Crippen LogP contribution in [0.2, 0.25) is 0 Å². The summed E-state index contributed by atoms with van der Waals surface area (Å²) < 4.78 is 37.0. The first-order chi connectivity index (χ1) is 6.46. The Morgan fingerprint density at radius 2 is 2.14 bits per heavy atom.